The first-order valence-electron chi connectivity index (χ1n) is 14.2. The summed E-state index contributed by atoms with van der Waals surface area (Å²) in [5.41, 5.74) is 3.10. The molecule has 9 heteroatoms. The molecular formula is C33H38O9. The number of esters is 4. The highest BCUT2D eigenvalue weighted by Crippen LogP contribution is 2.29. The molecular weight excluding hydrogens is 540 g/mol. The average molecular weight is 579 g/mol. The normalized spacial score (nSPS) is 16.1. The number of hydrogen-bond donors (Lipinski definition) is 0. The summed E-state index contributed by atoms with van der Waals surface area (Å²) in [5, 5.41) is 0. The van der Waals surface area contributed by atoms with Crippen LogP contribution in [0.2, 0.25) is 0 Å². The van der Waals surface area contributed by atoms with E-state index >= 15 is 0 Å². The summed E-state index contributed by atoms with van der Waals surface area (Å²) in [6.45, 7) is 6.97. The predicted octanol–water partition coefficient (Wildman–Crippen LogP) is 4.99. The standard InChI is InChI=1S/C33H38O9/c1-22(2)30(35)39-19-16-24-4-10-27(11-5-24)32(37)41-21-18-26-8-14-29(15-9-26)42-33(38)28-12-6-25(7-13-28)17-20-40-31(36)23(3)34/h4-7,10-13,26,29H,1,8-9,14-21H2,2-3H3. The average Bonchev–Trinajstić information content (AvgIpc) is 2.98. The van der Waals surface area contributed by atoms with E-state index in [1.807, 2.05) is 12.1 Å². The van der Waals surface area contributed by atoms with Crippen molar-refractivity contribution >= 4 is 29.7 Å². The zero-order valence-electron chi connectivity index (χ0n) is 24.2. The van der Waals surface area contributed by atoms with E-state index in [4.69, 9.17) is 18.9 Å². The molecule has 0 bridgehead atoms. The Bertz CT molecular complexity index is 1250. The lowest BCUT2D eigenvalue weighted by atomic mass is 9.85. The van der Waals surface area contributed by atoms with Gasteiger partial charge in [0.25, 0.3) is 0 Å². The molecule has 9 nitrogen and oxygen atoms in total. The van der Waals surface area contributed by atoms with Crippen molar-refractivity contribution in [2.75, 3.05) is 19.8 Å². The minimum absolute atomic E-state index is 0.0928. The minimum Gasteiger partial charge on any atom is -0.462 e. The van der Waals surface area contributed by atoms with Crippen LogP contribution in [0.4, 0.5) is 0 Å². The van der Waals surface area contributed by atoms with Gasteiger partial charge in [0.2, 0.25) is 5.78 Å². The van der Waals surface area contributed by atoms with Crippen LogP contribution in [-0.2, 0) is 46.2 Å². The third-order valence-corrected chi connectivity index (χ3v) is 7.09. The monoisotopic (exact) mass is 578 g/mol. The second-order valence-electron chi connectivity index (χ2n) is 10.5. The molecule has 42 heavy (non-hydrogen) atoms. The second-order valence-corrected chi connectivity index (χ2v) is 10.5. The van der Waals surface area contributed by atoms with Gasteiger partial charge < -0.3 is 18.9 Å². The van der Waals surface area contributed by atoms with Crippen LogP contribution in [0.3, 0.4) is 0 Å². The van der Waals surface area contributed by atoms with Gasteiger partial charge in [-0.05, 0) is 80.3 Å². The number of carbonyl (C=O) groups is 5. The number of benzene rings is 2. The molecule has 0 radical (unpaired) electrons. The molecule has 1 fully saturated rings. The van der Waals surface area contributed by atoms with Crippen LogP contribution < -0.4 is 0 Å². The number of Topliss-reactive ketones (excluding diaryl/α,β-unsaturated/α-hetero) is 1. The van der Waals surface area contributed by atoms with Crippen molar-refractivity contribution in [2.45, 2.75) is 64.9 Å². The lowest BCUT2D eigenvalue weighted by Crippen LogP contribution is -2.25. The van der Waals surface area contributed by atoms with Crippen LogP contribution in [-0.4, -0.2) is 55.6 Å². The highest BCUT2D eigenvalue weighted by atomic mass is 16.5. The van der Waals surface area contributed by atoms with Gasteiger partial charge in [0.05, 0.1) is 30.9 Å². The largest absolute Gasteiger partial charge is 0.462 e. The Morgan fingerprint density at radius 3 is 1.67 bits per heavy atom. The second kappa shape index (κ2) is 16.2. The molecule has 224 valence electrons. The van der Waals surface area contributed by atoms with Gasteiger partial charge in [-0.15, -0.1) is 0 Å². The van der Waals surface area contributed by atoms with Crippen molar-refractivity contribution in [3.63, 3.8) is 0 Å². The van der Waals surface area contributed by atoms with Crippen LogP contribution in [0.15, 0.2) is 60.7 Å². The van der Waals surface area contributed by atoms with E-state index in [1.165, 1.54) is 0 Å². The fourth-order valence-electron chi connectivity index (χ4n) is 4.52. The Labute approximate surface area is 246 Å². The SMILES string of the molecule is C=C(C)C(=O)OCCc1ccc(C(=O)OCCC2CCC(OC(=O)c3ccc(CCOC(=O)C(C)=O)cc3)CC2)cc1. The molecule has 0 aliphatic heterocycles. The molecule has 0 spiro atoms. The molecule has 0 N–H and O–H groups in total. The zero-order chi connectivity index (χ0) is 30.5. The van der Waals surface area contributed by atoms with E-state index in [0.29, 0.717) is 42.1 Å². The van der Waals surface area contributed by atoms with Crippen LogP contribution in [0, 0.1) is 5.92 Å². The zero-order valence-corrected chi connectivity index (χ0v) is 24.2. The lowest BCUT2D eigenvalue weighted by Gasteiger charge is -2.28. The van der Waals surface area contributed by atoms with E-state index in [1.54, 1.807) is 43.3 Å². The minimum atomic E-state index is -0.855. The summed E-state index contributed by atoms with van der Waals surface area (Å²) in [5.74, 6) is -2.26. The lowest BCUT2D eigenvalue weighted by molar-refractivity contribution is -0.152. The van der Waals surface area contributed by atoms with Gasteiger partial charge >= 0.3 is 23.9 Å². The molecule has 2 aromatic carbocycles. The Hall–Kier alpha value is -4.27. The smallest absolute Gasteiger partial charge is 0.374 e. The van der Waals surface area contributed by atoms with Gasteiger partial charge in [0.15, 0.2) is 0 Å². The van der Waals surface area contributed by atoms with E-state index in [0.717, 1.165) is 50.2 Å². The summed E-state index contributed by atoms with van der Waals surface area (Å²) < 4.78 is 21.1. The Balaban J connectivity index is 1.31. The van der Waals surface area contributed by atoms with E-state index in [9.17, 15) is 24.0 Å². The number of ether oxygens (including phenoxy) is 4. The maximum atomic E-state index is 12.6. The molecule has 0 unspecified atom stereocenters. The molecule has 3 rings (SSSR count). The van der Waals surface area contributed by atoms with E-state index in [-0.39, 0.29) is 31.3 Å². The van der Waals surface area contributed by atoms with Crippen LogP contribution in [0.5, 0.6) is 0 Å². The fraction of sp³-hybridized carbons (Fsp3) is 0.424. The van der Waals surface area contributed by atoms with Crippen molar-refractivity contribution in [2.24, 2.45) is 5.92 Å². The molecule has 1 aliphatic carbocycles. The van der Waals surface area contributed by atoms with Gasteiger partial charge in [-0.2, -0.15) is 0 Å². The van der Waals surface area contributed by atoms with E-state index < -0.39 is 17.7 Å². The summed E-state index contributed by atoms with van der Waals surface area (Å²) in [4.78, 5) is 58.6. The van der Waals surface area contributed by atoms with Crippen LogP contribution in [0.25, 0.3) is 0 Å². The summed E-state index contributed by atoms with van der Waals surface area (Å²) in [6.07, 6.45) is 4.88. The topological polar surface area (TPSA) is 122 Å². The summed E-state index contributed by atoms with van der Waals surface area (Å²) in [7, 11) is 0. The quantitative estimate of drug-likeness (QED) is 0.132. The van der Waals surface area contributed by atoms with Gasteiger partial charge in [-0.3, -0.25) is 4.79 Å². The Morgan fingerprint density at radius 2 is 1.17 bits per heavy atom. The molecule has 1 saturated carbocycles. The molecule has 0 aromatic heterocycles. The molecule has 0 saturated heterocycles. The van der Waals surface area contributed by atoms with Gasteiger partial charge in [-0.1, -0.05) is 30.8 Å². The van der Waals surface area contributed by atoms with Crippen LogP contribution >= 0.6 is 0 Å². The first kappa shape index (κ1) is 32.2. The van der Waals surface area contributed by atoms with Crippen molar-refractivity contribution in [1.29, 1.82) is 0 Å². The maximum absolute atomic E-state index is 12.6. The molecule has 0 amide bonds. The summed E-state index contributed by atoms with van der Waals surface area (Å²) >= 11 is 0. The van der Waals surface area contributed by atoms with Crippen molar-refractivity contribution in [1.82, 2.24) is 0 Å². The van der Waals surface area contributed by atoms with Crippen molar-refractivity contribution in [3.05, 3.63) is 82.9 Å². The predicted molar refractivity (Wildman–Crippen MR) is 154 cm³/mol. The number of carbonyl (C=O) groups excluding carboxylic acids is 5. The summed E-state index contributed by atoms with van der Waals surface area (Å²) in [6, 6.07) is 14.0. The van der Waals surface area contributed by atoms with Crippen molar-refractivity contribution < 1.29 is 42.9 Å². The fourth-order valence-corrected chi connectivity index (χ4v) is 4.52. The molecule has 2 aromatic rings. The van der Waals surface area contributed by atoms with Crippen molar-refractivity contribution in [3.8, 4) is 0 Å². The Kier molecular flexibility index (Phi) is 12.5. The van der Waals surface area contributed by atoms with E-state index in [2.05, 4.69) is 6.58 Å². The number of rotatable bonds is 14. The van der Waals surface area contributed by atoms with Gasteiger partial charge in [0, 0.05) is 25.3 Å². The highest BCUT2D eigenvalue weighted by molar-refractivity contribution is 6.32. The van der Waals surface area contributed by atoms with Gasteiger partial charge in [0.1, 0.15) is 6.10 Å². The van der Waals surface area contributed by atoms with Crippen LogP contribution in [0.1, 0.15) is 77.8 Å². The maximum Gasteiger partial charge on any atom is 0.374 e. The highest BCUT2D eigenvalue weighted by Gasteiger charge is 2.24. The molecule has 1 aliphatic rings. The Morgan fingerprint density at radius 1 is 0.667 bits per heavy atom. The number of ketones is 1. The number of hydrogen-bond acceptors (Lipinski definition) is 9. The third kappa shape index (κ3) is 10.6. The third-order valence-electron chi connectivity index (χ3n) is 7.09. The van der Waals surface area contributed by atoms with Gasteiger partial charge in [-0.25, -0.2) is 19.2 Å². The molecule has 0 atom stereocenters. The first-order chi connectivity index (χ1) is 20.1. The molecule has 0 heterocycles. The first-order valence-corrected chi connectivity index (χ1v) is 14.2.